The Morgan fingerprint density at radius 1 is 0.964 bits per heavy atom. The fraction of sp³-hybridized carbons (Fsp3) is 0.150. The predicted molar refractivity (Wildman–Crippen MR) is 98.3 cm³/mol. The second-order valence-corrected chi connectivity index (χ2v) is 6.32. The van der Waals surface area contributed by atoms with Crippen LogP contribution < -0.4 is 5.56 Å². The van der Waals surface area contributed by atoms with E-state index in [9.17, 15) is 19.2 Å². The Hall–Kier alpha value is -3.81. The van der Waals surface area contributed by atoms with E-state index in [1.165, 1.54) is 16.7 Å². The largest absolute Gasteiger partial charge is 0.333 e. The molecule has 1 aliphatic rings. The fourth-order valence-electron chi connectivity index (χ4n) is 3.10. The minimum atomic E-state index is -0.767. The number of nitrogens with zero attached hydrogens (tertiary/aromatic N) is 3. The van der Waals surface area contributed by atoms with Crippen LogP contribution in [-0.4, -0.2) is 32.4 Å². The first-order valence-corrected chi connectivity index (χ1v) is 8.60. The van der Waals surface area contributed by atoms with E-state index in [2.05, 4.69) is 4.98 Å². The van der Waals surface area contributed by atoms with Crippen molar-refractivity contribution in [1.82, 2.24) is 14.6 Å². The second-order valence-electron chi connectivity index (χ2n) is 6.32. The van der Waals surface area contributed by atoms with E-state index in [0.717, 1.165) is 0 Å². The molecule has 0 saturated heterocycles. The first-order chi connectivity index (χ1) is 13.5. The van der Waals surface area contributed by atoms with Crippen LogP contribution in [0.15, 0.2) is 53.3 Å². The van der Waals surface area contributed by atoms with Crippen molar-refractivity contribution < 1.29 is 19.2 Å². The van der Waals surface area contributed by atoms with Crippen LogP contribution in [0, 0.1) is 0 Å². The molecule has 1 aliphatic heterocycles. The number of hydrogen-bond acceptors (Lipinski definition) is 6. The highest BCUT2D eigenvalue weighted by Crippen LogP contribution is 2.23. The molecule has 140 valence electrons. The summed E-state index contributed by atoms with van der Waals surface area (Å²) < 4.78 is 1.37. The number of benzene rings is 2. The van der Waals surface area contributed by atoms with Gasteiger partial charge in [0, 0.05) is 13.5 Å². The molecular formula is C20H15N3O5. The van der Waals surface area contributed by atoms with E-state index in [1.807, 2.05) is 0 Å². The molecule has 0 bridgehead atoms. The number of imide groups is 1. The van der Waals surface area contributed by atoms with Gasteiger partial charge in [-0.2, -0.15) is 0 Å². The first-order valence-electron chi connectivity index (χ1n) is 8.60. The molecule has 4 rings (SSSR count). The Bertz CT molecular complexity index is 1160. The number of amides is 2. The Kier molecular flexibility index (Phi) is 4.23. The molecule has 0 unspecified atom stereocenters. The highest BCUT2D eigenvalue weighted by Gasteiger charge is 2.38. The number of aryl methyl sites for hydroxylation is 1. The van der Waals surface area contributed by atoms with Crippen LogP contribution in [0.1, 0.15) is 33.0 Å². The highest BCUT2D eigenvalue weighted by atomic mass is 16.7. The third-order valence-electron chi connectivity index (χ3n) is 4.58. The summed E-state index contributed by atoms with van der Waals surface area (Å²) in [5, 5.41) is 0.960. The van der Waals surface area contributed by atoms with E-state index in [0.29, 0.717) is 21.8 Å². The number of rotatable bonds is 4. The van der Waals surface area contributed by atoms with Crippen molar-refractivity contribution in [2.75, 3.05) is 0 Å². The van der Waals surface area contributed by atoms with Crippen LogP contribution >= 0.6 is 0 Å². The molecule has 2 heterocycles. The third-order valence-corrected chi connectivity index (χ3v) is 4.58. The molecule has 0 N–H and O–H groups in total. The highest BCUT2D eigenvalue weighted by molar-refractivity contribution is 6.20. The Morgan fingerprint density at radius 3 is 2.25 bits per heavy atom. The zero-order chi connectivity index (χ0) is 19.8. The van der Waals surface area contributed by atoms with E-state index in [1.54, 1.807) is 43.4 Å². The summed E-state index contributed by atoms with van der Waals surface area (Å²) in [5.41, 5.74) is 0.710. The van der Waals surface area contributed by atoms with Crippen LogP contribution in [-0.2, 0) is 23.1 Å². The van der Waals surface area contributed by atoms with E-state index < -0.39 is 17.8 Å². The molecule has 0 fully saturated rings. The summed E-state index contributed by atoms with van der Waals surface area (Å²) in [6, 6.07) is 13.2. The van der Waals surface area contributed by atoms with Crippen molar-refractivity contribution in [3.05, 3.63) is 75.8 Å². The Balaban J connectivity index is 1.48. The molecule has 1 aromatic heterocycles. The second kappa shape index (κ2) is 6.73. The number of carbonyl (C=O) groups is 3. The zero-order valence-corrected chi connectivity index (χ0v) is 14.9. The van der Waals surface area contributed by atoms with E-state index in [4.69, 9.17) is 4.84 Å². The van der Waals surface area contributed by atoms with Crippen LogP contribution in [0.2, 0.25) is 0 Å². The maximum Gasteiger partial charge on any atom is 0.333 e. The number of para-hydroxylation sites is 1. The van der Waals surface area contributed by atoms with Crippen molar-refractivity contribution in [1.29, 1.82) is 0 Å². The molecule has 2 amide bonds. The number of carbonyl (C=O) groups excluding carboxylic acids is 3. The van der Waals surface area contributed by atoms with Crippen LogP contribution in [0.25, 0.3) is 10.9 Å². The topological polar surface area (TPSA) is 98.6 Å². The summed E-state index contributed by atoms with van der Waals surface area (Å²) in [6.07, 6.45) is -0.0232. The van der Waals surface area contributed by atoms with Crippen molar-refractivity contribution in [3.8, 4) is 0 Å². The van der Waals surface area contributed by atoms with Crippen molar-refractivity contribution in [2.24, 2.45) is 7.05 Å². The third kappa shape index (κ3) is 2.84. The molecule has 8 heteroatoms. The Morgan fingerprint density at radius 2 is 1.57 bits per heavy atom. The Labute approximate surface area is 158 Å². The van der Waals surface area contributed by atoms with Gasteiger partial charge >= 0.3 is 5.97 Å². The zero-order valence-electron chi connectivity index (χ0n) is 14.9. The summed E-state index contributed by atoms with van der Waals surface area (Å²) >= 11 is 0. The SMILES string of the molecule is Cn1c(CCC(=O)ON2C(=O)c3ccccc3C2=O)nc2ccccc2c1=O. The molecule has 0 saturated carbocycles. The summed E-state index contributed by atoms with van der Waals surface area (Å²) in [5.74, 6) is -1.71. The summed E-state index contributed by atoms with van der Waals surface area (Å²) in [6.45, 7) is 0. The predicted octanol–water partition coefficient (Wildman–Crippen LogP) is 1.62. The van der Waals surface area contributed by atoms with Gasteiger partial charge in [-0.1, -0.05) is 29.3 Å². The van der Waals surface area contributed by atoms with Crippen LogP contribution in [0.3, 0.4) is 0 Å². The first kappa shape index (κ1) is 17.6. The van der Waals surface area contributed by atoms with Crippen LogP contribution in [0.5, 0.6) is 0 Å². The number of hydrogen-bond donors (Lipinski definition) is 0. The molecule has 2 aromatic carbocycles. The van der Waals surface area contributed by atoms with Crippen LogP contribution in [0.4, 0.5) is 0 Å². The molecule has 0 radical (unpaired) electrons. The van der Waals surface area contributed by atoms with Gasteiger partial charge in [0.1, 0.15) is 5.82 Å². The van der Waals surface area contributed by atoms with Crippen molar-refractivity contribution >= 4 is 28.7 Å². The average molecular weight is 377 g/mol. The number of hydroxylamine groups is 2. The van der Waals surface area contributed by atoms with Gasteiger partial charge in [-0.3, -0.25) is 19.0 Å². The number of aromatic nitrogens is 2. The van der Waals surface area contributed by atoms with Crippen molar-refractivity contribution in [2.45, 2.75) is 12.8 Å². The summed E-state index contributed by atoms with van der Waals surface area (Å²) in [4.78, 5) is 58.4. The minimum absolute atomic E-state index is 0.124. The van der Waals surface area contributed by atoms with E-state index in [-0.39, 0.29) is 29.5 Å². The van der Waals surface area contributed by atoms with Crippen molar-refractivity contribution in [3.63, 3.8) is 0 Å². The lowest BCUT2D eigenvalue weighted by atomic mass is 10.1. The quantitative estimate of drug-likeness (QED) is 0.641. The molecule has 3 aromatic rings. The molecular weight excluding hydrogens is 362 g/mol. The lowest BCUT2D eigenvalue weighted by molar-refractivity contribution is -0.168. The van der Waals surface area contributed by atoms with Gasteiger partial charge in [0.2, 0.25) is 0 Å². The normalized spacial score (nSPS) is 13.1. The summed E-state index contributed by atoms with van der Waals surface area (Å²) in [7, 11) is 1.58. The maximum atomic E-state index is 12.4. The lowest BCUT2D eigenvalue weighted by Gasteiger charge is -2.13. The number of fused-ring (bicyclic) bond motifs is 2. The van der Waals surface area contributed by atoms with Gasteiger partial charge in [0.05, 0.1) is 28.5 Å². The molecule has 0 aliphatic carbocycles. The average Bonchev–Trinajstić information content (AvgIpc) is 2.95. The monoisotopic (exact) mass is 377 g/mol. The van der Waals surface area contributed by atoms with Gasteiger partial charge in [0.15, 0.2) is 0 Å². The molecule has 28 heavy (non-hydrogen) atoms. The minimum Gasteiger partial charge on any atom is -0.330 e. The van der Waals surface area contributed by atoms with Gasteiger partial charge in [-0.25, -0.2) is 9.78 Å². The molecule has 0 atom stereocenters. The lowest BCUT2D eigenvalue weighted by Crippen LogP contribution is -2.33. The molecule has 8 nitrogen and oxygen atoms in total. The fourth-order valence-corrected chi connectivity index (χ4v) is 3.10. The maximum absolute atomic E-state index is 12.4. The standard InChI is InChI=1S/C20H15N3O5/c1-22-16(21-15-9-5-4-8-14(15)18(22)25)10-11-17(24)28-23-19(26)12-6-2-3-7-13(12)20(23)27/h2-9H,10-11H2,1H3. The van der Waals surface area contributed by atoms with Gasteiger partial charge < -0.3 is 4.84 Å². The molecule has 0 spiro atoms. The van der Waals surface area contributed by atoms with Gasteiger partial charge in [-0.05, 0) is 24.3 Å². The van der Waals surface area contributed by atoms with E-state index >= 15 is 0 Å². The van der Waals surface area contributed by atoms with Gasteiger partial charge in [0.25, 0.3) is 17.4 Å². The smallest absolute Gasteiger partial charge is 0.330 e. The van der Waals surface area contributed by atoms with Gasteiger partial charge in [-0.15, -0.1) is 0 Å².